The van der Waals surface area contributed by atoms with Crippen molar-refractivity contribution in [2.24, 2.45) is 0 Å². The van der Waals surface area contributed by atoms with Crippen molar-refractivity contribution in [3.63, 3.8) is 0 Å². The lowest BCUT2D eigenvalue weighted by atomic mass is 9.99. The minimum Gasteiger partial charge on any atom is -0.493 e. The Morgan fingerprint density at radius 3 is 2.41 bits per heavy atom. The third kappa shape index (κ3) is 4.55. The number of rotatable bonds is 7. The molecule has 0 radical (unpaired) electrons. The van der Waals surface area contributed by atoms with Gasteiger partial charge in [-0.05, 0) is 37.0 Å². The van der Waals surface area contributed by atoms with Crippen LogP contribution in [0.15, 0.2) is 24.3 Å². The van der Waals surface area contributed by atoms with Gasteiger partial charge in [-0.25, -0.2) is 4.39 Å². The number of ether oxygens (including phenoxy) is 3. The van der Waals surface area contributed by atoms with Crippen LogP contribution in [-0.4, -0.2) is 40.3 Å². The summed E-state index contributed by atoms with van der Waals surface area (Å²) in [5, 5.41) is 2.86. The summed E-state index contributed by atoms with van der Waals surface area (Å²) in [6.07, 6.45) is 2.05. The van der Waals surface area contributed by atoms with E-state index >= 15 is 0 Å². The summed E-state index contributed by atoms with van der Waals surface area (Å²) in [5.41, 5.74) is 3.11. The molecule has 156 valence electrons. The molecule has 0 bridgehead atoms. The fraction of sp³-hybridized carbons (Fsp3) is 0.409. The second-order valence-corrected chi connectivity index (χ2v) is 7.06. The normalized spacial score (nSPS) is 12.9. The summed E-state index contributed by atoms with van der Waals surface area (Å²) in [5.74, 6) is 1.00. The Morgan fingerprint density at radius 2 is 1.79 bits per heavy atom. The summed E-state index contributed by atoms with van der Waals surface area (Å²) in [7, 11) is 4.57. The summed E-state index contributed by atoms with van der Waals surface area (Å²) < 4.78 is 30.4. The van der Waals surface area contributed by atoms with E-state index in [0.29, 0.717) is 35.2 Å². The molecule has 0 aromatic heterocycles. The van der Waals surface area contributed by atoms with Crippen LogP contribution in [-0.2, 0) is 11.2 Å². The molecule has 1 N–H and O–H groups in total. The van der Waals surface area contributed by atoms with Crippen LogP contribution in [0.25, 0.3) is 0 Å². The van der Waals surface area contributed by atoms with E-state index in [2.05, 4.69) is 5.32 Å². The average Bonchev–Trinajstić information content (AvgIpc) is 2.70. The number of carbonyl (C=O) groups is 1. The van der Waals surface area contributed by atoms with Crippen molar-refractivity contribution in [2.75, 3.05) is 44.6 Å². The highest BCUT2D eigenvalue weighted by molar-refractivity contribution is 5.92. The first-order chi connectivity index (χ1) is 14.0. The maximum atomic E-state index is 14.5. The third-order valence-electron chi connectivity index (χ3n) is 5.03. The van der Waals surface area contributed by atoms with Gasteiger partial charge in [0.05, 0.1) is 27.0 Å². The summed E-state index contributed by atoms with van der Waals surface area (Å²) in [6.45, 7) is 3.08. The van der Waals surface area contributed by atoms with Crippen molar-refractivity contribution >= 4 is 17.3 Å². The number of nitrogens with one attached hydrogen (secondary N) is 1. The number of hydrogen-bond acceptors (Lipinski definition) is 5. The largest absolute Gasteiger partial charge is 0.493 e. The smallest absolute Gasteiger partial charge is 0.226 e. The molecule has 7 heteroatoms. The van der Waals surface area contributed by atoms with Crippen LogP contribution in [0.2, 0.25) is 0 Å². The molecule has 29 heavy (non-hydrogen) atoms. The molecule has 2 aromatic rings. The second kappa shape index (κ2) is 9.03. The van der Waals surface area contributed by atoms with Gasteiger partial charge in [-0.15, -0.1) is 0 Å². The van der Waals surface area contributed by atoms with Crippen LogP contribution in [0.4, 0.5) is 15.8 Å². The number of aryl methyl sites for hydroxylation is 2. The molecule has 1 aliphatic heterocycles. The van der Waals surface area contributed by atoms with Crippen LogP contribution in [0.3, 0.4) is 0 Å². The van der Waals surface area contributed by atoms with E-state index in [9.17, 15) is 9.18 Å². The molecule has 0 fully saturated rings. The average molecular weight is 402 g/mol. The predicted molar refractivity (Wildman–Crippen MR) is 111 cm³/mol. The first kappa shape index (κ1) is 20.8. The lowest BCUT2D eigenvalue weighted by molar-refractivity contribution is -0.116. The molecule has 0 saturated carbocycles. The number of benzene rings is 2. The van der Waals surface area contributed by atoms with Crippen LogP contribution in [0.1, 0.15) is 24.0 Å². The van der Waals surface area contributed by atoms with Gasteiger partial charge in [0.1, 0.15) is 5.82 Å². The van der Waals surface area contributed by atoms with Gasteiger partial charge in [-0.2, -0.15) is 0 Å². The third-order valence-corrected chi connectivity index (χ3v) is 5.03. The number of hydrogen-bond donors (Lipinski definition) is 1. The molecule has 2 aromatic carbocycles. The summed E-state index contributed by atoms with van der Waals surface area (Å²) >= 11 is 0. The molecule has 1 heterocycles. The van der Waals surface area contributed by atoms with Crippen LogP contribution in [0.5, 0.6) is 17.2 Å². The Balaban J connectivity index is 1.69. The van der Waals surface area contributed by atoms with Crippen LogP contribution < -0.4 is 24.4 Å². The zero-order valence-corrected chi connectivity index (χ0v) is 17.3. The van der Waals surface area contributed by atoms with Crippen molar-refractivity contribution in [1.29, 1.82) is 0 Å². The van der Waals surface area contributed by atoms with Crippen molar-refractivity contribution < 1.29 is 23.4 Å². The van der Waals surface area contributed by atoms with Gasteiger partial charge < -0.3 is 24.4 Å². The molecule has 0 aliphatic carbocycles. The van der Waals surface area contributed by atoms with E-state index < -0.39 is 0 Å². The highest BCUT2D eigenvalue weighted by atomic mass is 19.1. The molecular formula is C22H27FN2O4. The van der Waals surface area contributed by atoms with E-state index in [-0.39, 0.29) is 18.1 Å². The standard InChI is InChI=1S/C22H27FN2O4/c1-14-10-15-6-5-8-25(21(15)17(23)11-14)9-7-20(26)24-16-12-18(27-2)22(29-4)19(13-16)28-3/h10-13H,5-9H2,1-4H3,(H,24,26). The number of carbonyl (C=O) groups excluding carboxylic acids is 1. The van der Waals surface area contributed by atoms with Gasteiger partial charge in [0.2, 0.25) is 11.7 Å². The molecule has 0 saturated heterocycles. The summed E-state index contributed by atoms with van der Waals surface area (Å²) in [6, 6.07) is 6.93. The molecule has 3 rings (SSSR count). The van der Waals surface area contributed by atoms with Gasteiger partial charge in [0.15, 0.2) is 11.5 Å². The zero-order chi connectivity index (χ0) is 21.0. The SMILES string of the molecule is COc1cc(NC(=O)CCN2CCCc3cc(C)cc(F)c32)cc(OC)c1OC. The highest BCUT2D eigenvalue weighted by Gasteiger charge is 2.22. The first-order valence-electron chi connectivity index (χ1n) is 9.60. The van der Waals surface area contributed by atoms with Gasteiger partial charge >= 0.3 is 0 Å². The fourth-order valence-corrected chi connectivity index (χ4v) is 3.76. The minimum absolute atomic E-state index is 0.168. The van der Waals surface area contributed by atoms with Crippen LogP contribution >= 0.6 is 0 Å². The van der Waals surface area contributed by atoms with Gasteiger partial charge in [-0.3, -0.25) is 4.79 Å². The van der Waals surface area contributed by atoms with Gasteiger partial charge in [0, 0.05) is 37.3 Å². The van der Waals surface area contributed by atoms with E-state index in [1.807, 2.05) is 17.9 Å². The Kier molecular flexibility index (Phi) is 6.46. The fourth-order valence-electron chi connectivity index (χ4n) is 3.76. The number of methoxy groups -OCH3 is 3. The van der Waals surface area contributed by atoms with Crippen molar-refractivity contribution in [3.05, 3.63) is 41.2 Å². The number of anilines is 2. The monoisotopic (exact) mass is 402 g/mol. The van der Waals surface area contributed by atoms with Crippen molar-refractivity contribution in [1.82, 2.24) is 0 Å². The van der Waals surface area contributed by atoms with Crippen molar-refractivity contribution in [3.8, 4) is 17.2 Å². The maximum absolute atomic E-state index is 14.5. The lowest BCUT2D eigenvalue weighted by Gasteiger charge is -2.31. The Bertz CT molecular complexity index is 876. The van der Waals surface area contributed by atoms with E-state index in [1.165, 1.54) is 21.3 Å². The minimum atomic E-state index is -0.218. The molecule has 1 aliphatic rings. The topological polar surface area (TPSA) is 60.0 Å². The molecule has 0 unspecified atom stereocenters. The van der Waals surface area contributed by atoms with E-state index in [4.69, 9.17) is 14.2 Å². The molecular weight excluding hydrogens is 375 g/mol. The highest BCUT2D eigenvalue weighted by Crippen LogP contribution is 2.40. The Morgan fingerprint density at radius 1 is 1.10 bits per heavy atom. The van der Waals surface area contributed by atoms with Crippen molar-refractivity contribution in [2.45, 2.75) is 26.2 Å². The first-order valence-corrected chi connectivity index (χ1v) is 9.60. The molecule has 1 amide bonds. The maximum Gasteiger partial charge on any atom is 0.226 e. The zero-order valence-electron chi connectivity index (χ0n) is 17.3. The number of halogens is 1. The van der Waals surface area contributed by atoms with E-state index in [0.717, 1.165) is 30.5 Å². The number of amides is 1. The van der Waals surface area contributed by atoms with Gasteiger partial charge in [-0.1, -0.05) is 6.07 Å². The molecule has 6 nitrogen and oxygen atoms in total. The summed E-state index contributed by atoms with van der Waals surface area (Å²) in [4.78, 5) is 14.5. The lowest BCUT2D eigenvalue weighted by Crippen LogP contribution is -2.33. The quantitative estimate of drug-likeness (QED) is 0.760. The van der Waals surface area contributed by atoms with Crippen LogP contribution in [0, 0.1) is 12.7 Å². The Hall–Kier alpha value is -2.96. The second-order valence-electron chi connectivity index (χ2n) is 7.06. The predicted octanol–water partition coefficient (Wildman–Crippen LogP) is 3.94. The Labute approximate surface area is 170 Å². The number of nitrogens with zero attached hydrogens (tertiary/aromatic N) is 1. The van der Waals surface area contributed by atoms with Gasteiger partial charge in [0.25, 0.3) is 0 Å². The number of fused-ring (bicyclic) bond motifs is 1. The molecule has 0 atom stereocenters. The molecule has 0 spiro atoms. The van der Waals surface area contributed by atoms with E-state index in [1.54, 1.807) is 18.2 Å².